The van der Waals surface area contributed by atoms with Crippen LogP contribution in [0.4, 0.5) is 4.79 Å². The summed E-state index contributed by atoms with van der Waals surface area (Å²) in [7, 11) is 1.62. The van der Waals surface area contributed by atoms with Gasteiger partial charge >= 0.3 is 6.03 Å². The van der Waals surface area contributed by atoms with Crippen LogP contribution < -0.4 is 9.88 Å². The first-order valence-corrected chi connectivity index (χ1v) is 4.38. The van der Waals surface area contributed by atoms with Crippen LogP contribution in [-0.4, -0.2) is 13.1 Å². The van der Waals surface area contributed by atoms with Gasteiger partial charge in [-0.3, -0.25) is 0 Å². The molecule has 1 N–H and O–H groups in total. The van der Waals surface area contributed by atoms with Crippen LogP contribution in [0.1, 0.15) is 25.3 Å². The van der Waals surface area contributed by atoms with E-state index in [2.05, 4.69) is 19.2 Å². The summed E-state index contributed by atoms with van der Waals surface area (Å²) in [6.07, 6.45) is 3.54. The highest BCUT2D eigenvalue weighted by atomic mass is 16.2. The van der Waals surface area contributed by atoms with Crippen LogP contribution in [0.5, 0.6) is 0 Å². The highest BCUT2D eigenvalue weighted by Gasteiger charge is 2.08. The standard InChI is InChI=1S/C10H14N2O/c1-8(2)9-4-6-12(7-5-9)10(13)11-3/h4-8H,1-3H3/p+1. The molecule has 0 saturated carbocycles. The van der Waals surface area contributed by atoms with E-state index in [4.69, 9.17) is 0 Å². The summed E-state index contributed by atoms with van der Waals surface area (Å²) >= 11 is 0. The number of nitrogens with one attached hydrogen (secondary N) is 1. The van der Waals surface area contributed by atoms with Crippen molar-refractivity contribution in [3.63, 3.8) is 0 Å². The largest absolute Gasteiger partial charge is 0.495 e. The van der Waals surface area contributed by atoms with Crippen LogP contribution >= 0.6 is 0 Å². The summed E-state index contributed by atoms with van der Waals surface area (Å²) in [5.41, 5.74) is 1.24. The zero-order valence-electron chi connectivity index (χ0n) is 8.24. The average Bonchev–Trinajstić information content (AvgIpc) is 2.17. The lowest BCUT2D eigenvalue weighted by molar-refractivity contribution is -0.571. The first-order valence-electron chi connectivity index (χ1n) is 4.38. The van der Waals surface area contributed by atoms with Crippen molar-refractivity contribution >= 4 is 6.03 Å². The fourth-order valence-electron chi connectivity index (χ4n) is 1.09. The van der Waals surface area contributed by atoms with Gasteiger partial charge in [-0.2, -0.15) is 9.36 Å². The molecular weight excluding hydrogens is 164 g/mol. The molecule has 0 aliphatic carbocycles. The van der Waals surface area contributed by atoms with Gasteiger partial charge < -0.3 is 0 Å². The lowest BCUT2D eigenvalue weighted by Gasteiger charge is -2.03. The van der Waals surface area contributed by atoms with Crippen molar-refractivity contribution < 1.29 is 9.36 Å². The van der Waals surface area contributed by atoms with E-state index in [1.807, 2.05) is 12.1 Å². The third kappa shape index (κ3) is 2.28. The number of rotatable bonds is 1. The van der Waals surface area contributed by atoms with Crippen LogP contribution in [0.15, 0.2) is 24.5 Å². The number of hydrogen-bond donors (Lipinski definition) is 1. The van der Waals surface area contributed by atoms with Gasteiger partial charge in [-0.15, -0.1) is 0 Å². The first-order chi connectivity index (χ1) is 6.15. The summed E-state index contributed by atoms with van der Waals surface area (Å²) in [6.45, 7) is 4.25. The Morgan fingerprint density at radius 3 is 2.31 bits per heavy atom. The third-order valence-electron chi connectivity index (χ3n) is 1.97. The minimum absolute atomic E-state index is 0.115. The van der Waals surface area contributed by atoms with E-state index < -0.39 is 0 Å². The summed E-state index contributed by atoms with van der Waals surface area (Å²) < 4.78 is 1.52. The fraction of sp³-hybridized carbons (Fsp3) is 0.400. The van der Waals surface area contributed by atoms with Crippen LogP contribution in [-0.2, 0) is 0 Å². The maximum atomic E-state index is 11.1. The van der Waals surface area contributed by atoms with Crippen LogP contribution in [0.25, 0.3) is 0 Å². The normalized spacial score (nSPS) is 10.2. The van der Waals surface area contributed by atoms with E-state index in [1.54, 1.807) is 19.4 Å². The Bertz CT molecular complexity index is 290. The molecule has 1 rings (SSSR count). The molecule has 1 aromatic heterocycles. The minimum atomic E-state index is -0.115. The molecule has 0 fully saturated rings. The Hall–Kier alpha value is -1.38. The van der Waals surface area contributed by atoms with Crippen molar-refractivity contribution in [1.82, 2.24) is 5.32 Å². The predicted molar refractivity (Wildman–Crippen MR) is 50.6 cm³/mol. The van der Waals surface area contributed by atoms with Crippen LogP contribution in [0.3, 0.4) is 0 Å². The molecule has 0 bridgehead atoms. The molecule has 1 aromatic rings. The van der Waals surface area contributed by atoms with Crippen molar-refractivity contribution in [2.75, 3.05) is 7.05 Å². The van der Waals surface area contributed by atoms with Gasteiger partial charge in [-0.05, 0) is 23.6 Å². The van der Waals surface area contributed by atoms with Crippen LogP contribution in [0.2, 0.25) is 0 Å². The Morgan fingerprint density at radius 1 is 1.38 bits per heavy atom. The van der Waals surface area contributed by atoms with Gasteiger partial charge in [-0.25, -0.2) is 5.32 Å². The summed E-state index contributed by atoms with van der Waals surface area (Å²) in [4.78, 5) is 11.1. The van der Waals surface area contributed by atoms with Gasteiger partial charge in [0.15, 0.2) is 0 Å². The van der Waals surface area contributed by atoms with Crippen molar-refractivity contribution in [2.45, 2.75) is 19.8 Å². The fourth-order valence-corrected chi connectivity index (χ4v) is 1.09. The highest BCUT2D eigenvalue weighted by Crippen LogP contribution is 2.10. The van der Waals surface area contributed by atoms with E-state index >= 15 is 0 Å². The van der Waals surface area contributed by atoms with E-state index in [9.17, 15) is 4.79 Å². The Kier molecular flexibility index (Phi) is 3.01. The number of hydrogen-bond acceptors (Lipinski definition) is 1. The Balaban J connectivity index is 2.87. The molecule has 3 nitrogen and oxygen atoms in total. The molecular formula is C10H15N2O+. The second kappa shape index (κ2) is 4.03. The summed E-state index contributed by atoms with van der Waals surface area (Å²) in [5, 5.41) is 2.55. The molecule has 3 heteroatoms. The SMILES string of the molecule is CNC(=O)[n+]1ccc(C(C)C)cc1. The molecule has 0 aromatic carbocycles. The van der Waals surface area contributed by atoms with E-state index in [0.29, 0.717) is 5.92 Å². The van der Waals surface area contributed by atoms with Crippen molar-refractivity contribution in [2.24, 2.45) is 0 Å². The molecule has 0 spiro atoms. The first kappa shape index (κ1) is 9.71. The van der Waals surface area contributed by atoms with Gasteiger partial charge in [0.1, 0.15) is 0 Å². The number of amides is 1. The predicted octanol–water partition coefficient (Wildman–Crippen LogP) is 1.28. The molecule has 0 atom stereocenters. The van der Waals surface area contributed by atoms with Crippen molar-refractivity contribution in [3.05, 3.63) is 30.1 Å². The third-order valence-corrected chi connectivity index (χ3v) is 1.97. The van der Waals surface area contributed by atoms with E-state index in [-0.39, 0.29) is 6.03 Å². The Labute approximate surface area is 78.4 Å². The Morgan fingerprint density at radius 2 is 1.92 bits per heavy atom. The molecule has 1 amide bonds. The minimum Gasteiger partial charge on any atom is -0.240 e. The lowest BCUT2D eigenvalue weighted by atomic mass is 10.1. The van der Waals surface area contributed by atoms with Gasteiger partial charge in [0.2, 0.25) is 0 Å². The van der Waals surface area contributed by atoms with Gasteiger partial charge in [-0.1, -0.05) is 13.8 Å². The summed E-state index contributed by atoms with van der Waals surface area (Å²) in [6, 6.07) is 3.80. The van der Waals surface area contributed by atoms with Crippen molar-refractivity contribution in [1.29, 1.82) is 0 Å². The van der Waals surface area contributed by atoms with Crippen LogP contribution in [0, 0.1) is 0 Å². The molecule has 0 unspecified atom stereocenters. The van der Waals surface area contributed by atoms with Crippen molar-refractivity contribution in [3.8, 4) is 0 Å². The molecule has 13 heavy (non-hydrogen) atoms. The highest BCUT2D eigenvalue weighted by molar-refractivity contribution is 5.63. The van der Waals surface area contributed by atoms with Gasteiger partial charge in [0.25, 0.3) is 0 Å². The maximum absolute atomic E-state index is 11.1. The average molecular weight is 179 g/mol. The van der Waals surface area contributed by atoms with Gasteiger partial charge in [0.05, 0.1) is 19.4 Å². The molecule has 0 radical (unpaired) electrons. The maximum Gasteiger partial charge on any atom is 0.495 e. The molecule has 1 heterocycles. The number of carbonyl (C=O) groups excluding carboxylic acids is 1. The zero-order chi connectivity index (χ0) is 9.84. The monoisotopic (exact) mass is 179 g/mol. The van der Waals surface area contributed by atoms with E-state index in [1.165, 1.54) is 10.1 Å². The second-order valence-electron chi connectivity index (χ2n) is 3.25. The molecule has 0 saturated heterocycles. The number of nitrogens with zero attached hydrogens (tertiary/aromatic N) is 1. The quantitative estimate of drug-likeness (QED) is 0.647. The van der Waals surface area contributed by atoms with Gasteiger partial charge in [0, 0.05) is 0 Å². The molecule has 70 valence electrons. The topological polar surface area (TPSA) is 33.0 Å². The molecule has 0 aliphatic rings. The second-order valence-corrected chi connectivity index (χ2v) is 3.25. The van der Waals surface area contributed by atoms with E-state index in [0.717, 1.165) is 0 Å². The molecule has 0 aliphatic heterocycles. The number of aromatic nitrogens is 1. The number of carbonyl (C=O) groups is 1. The lowest BCUT2D eigenvalue weighted by Crippen LogP contribution is -2.48. The number of pyridine rings is 1. The smallest absolute Gasteiger partial charge is 0.240 e. The summed E-state index contributed by atoms with van der Waals surface area (Å²) in [5.74, 6) is 0.499. The zero-order valence-corrected chi connectivity index (χ0v) is 8.24.